The highest BCUT2D eigenvalue weighted by Gasteiger charge is 2.01. The minimum Gasteiger partial charge on any atom is -0.481 e. The first-order chi connectivity index (χ1) is 5.80. The van der Waals surface area contributed by atoms with E-state index < -0.39 is 0 Å². The lowest BCUT2D eigenvalue weighted by Gasteiger charge is -2.02. The van der Waals surface area contributed by atoms with E-state index in [4.69, 9.17) is 9.47 Å². The number of nitrogens with zero attached hydrogens (tertiary/aromatic N) is 2. The minimum absolute atomic E-state index is 0.469. The van der Waals surface area contributed by atoms with E-state index in [-0.39, 0.29) is 0 Å². The van der Waals surface area contributed by atoms with Crippen LogP contribution in [0.15, 0.2) is 12.6 Å². The Morgan fingerprint density at radius 1 is 1.25 bits per heavy atom. The number of hydrogen-bond donors (Lipinski definition) is 0. The van der Waals surface area contributed by atoms with Crippen molar-refractivity contribution in [2.75, 3.05) is 14.2 Å². The molecule has 1 rings (SSSR count). The van der Waals surface area contributed by atoms with Crippen molar-refractivity contribution >= 4 is 6.08 Å². The van der Waals surface area contributed by atoms with Crippen LogP contribution in [0.1, 0.15) is 5.82 Å². The first kappa shape index (κ1) is 8.52. The molecule has 1 heterocycles. The van der Waals surface area contributed by atoms with E-state index in [1.54, 1.807) is 6.07 Å². The summed E-state index contributed by atoms with van der Waals surface area (Å²) in [4.78, 5) is 7.97. The molecular formula is C8H10N2O2. The lowest BCUT2D eigenvalue weighted by molar-refractivity contribution is 0.371. The molecule has 0 aliphatic heterocycles. The number of methoxy groups -OCH3 is 2. The third-order valence-electron chi connectivity index (χ3n) is 1.30. The Morgan fingerprint density at radius 3 is 2.08 bits per heavy atom. The summed E-state index contributed by atoms with van der Waals surface area (Å²) in [5.74, 6) is 1.43. The van der Waals surface area contributed by atoms with Gasteiger partial charge in [-0.2, -0.15) is 9.97 Å². The lowest BCUT2D eigenvalue weighted by Crippen LogP contribution is -1.96. The minimum atomic E-state index is 0.469. The van der Waals surface area contributed by atoms with Gasteiger partial charge < -0.3 is 9.47 Å². The van der Waals surface area contributed by atoms with Gasteiger partial charge in [0.15, 0.2) is 5.82 Å². The number of aromatic nitrogens is 2. The molecule has 1 aromatic rings. The zero-order valence-corrected chi connectivity index (χ0v) is 7.07. The van der Waals surface area contributed by atoms with Crippen LogP contribution in [0.3, 0.4) is 0 Å². The predicted octanol–water partition coefficient (Wildman–Crippen LogP) is 1.14. The summed E-state index contributed by atoms with van der Waals surface area (Å²) in [5, 5.41) is 0. The molecule has 4 nitrogen and oxygen atoms in total. The molecule has 0 amide bonds. The molecule has 0 aromatic carbocycles. The second kappa shape index (κ2) is 3.71. The average molecular weight is 166 g/mol. The van der Waals surface area contributed by atoms with E-state index in [9.17, 15) is 0 Å². The molecule has 0 bridgehead atoms. The molecule has 0 saturated carbocycles. The van der Waals surface area contributed by atoms with E-state index in [0.29, 0.717) is 17.6 Å². The van der Waals surface area contributed by atoms with Gasteiger partial charge in [-0.25, -0.2) is 0 Å². The fraction of sp³-hybridized carbons (Fsp3) is 0.250. The molecule has 0 saturated heterocycles. The van der Waals surface area contributed by atoms with Crippen LogP contribution in [-0.4, -0.2) is 24.2 Å². The highest BCUT2D eigenvalue weighted by atomic mass is 16.5. The van der Waals surface area contributed by atoms with Crippen molar-refractivity contribution in [3.05, 3.63) is 18.5 Å². The summed E-state index contributed by atoms with van der Waals surface area (Å²) >= 11 is 0. The van der Waals surface area contributed by atoms with Gasteiger partial charge in [0, 0.05) is 0 Å². The summed E-state index contributed by atoms with van der Waals surface area (Å²) in [6.07, 6.45) is 1.53. The SMILES string of the molecule is C=Cc1nc(OC)cc(OC)n1. The lowest BCUT2D eigenvalue weighted by atomic mass is 10.5. The van der Waals surface area contributed by atoms with Crippen molar-refractivity contribution in [2.45, 2.75) is 0 Å². The van der Waals surface area contributed by atoms with Gasteiger partial charge in [-0.05, 0) is 6.08 Å². The van der Waals surface area contributed by atoms with Crippen LogP contribution < -0.4 is 9.47 Å². The Bertz CT molecular complexity index is 264. The van der Waals surface area contributed by atoms with Gasteiger partial charge in [0.25, 0.3) is 0 Å². The zero-order valence-electron chi connectivity index (χ0n) is 7.07. The third-order valence-corrected chi connectivity index (χ3v) is 1.30. The molecule has 12 heavy (non-hydrogen) atoms. The highest BCUT2D eigenvalue weighted by molar-refractivity contribution is 5.39. The van der Waals surface area contributed by atoms with Gasteiger partial charge >= 0.3 is 0 Å². The largest absolute Gasteiger partial charge is 0.481 e. The number of ether oxygens (including phenoxy) is 2. The van der Waals surface area contributed by atoms with Gasteiger partial charge in [0.2, 0.25) is 11.8 Å². The molecule has 0 aliphatic carbocycles. The van der Waals surface area contributed by atoms with Crippen molar-refractivity contribution in [1.82, 2.24) is 9.97 Å². The maximum absolute atomic E-state index is 4.92. The fourth-order valence-electron chi connectivity index (χ4n) is 0.721. The van der Waals surface area contributed by atoms with Gasteiger partial charge in [-0.15, -0.1) is 0 Å². The van der Waals surface area contributed by atoms with E-state index in [1.807, 2.05) is 0 Å². The van der Waals surface area contributed by atoms with Gasteiger partial charge in [0.1, 0.15) is 0 Å². The molecular weight excluding hydrogens is 156 g/mol. The van der Waals surface area contributed by atoms with Gasteiger partial charge in [-0.1, -0.05) is 6.58 Å². The van der Waals surface area contributed by atoms with Crippen LogP contribution in [0.2, 0.25) is 0 Å². The molecule has 0 N–H and O–H groups in total. The number of hydrogen-bond acceptors (Lipinski definition) is 4. The van der Waals surface area contributed by atoms with E-state index in [2.05, 4.69) is 16.5 Å². The third kappa shape index (κ3) is 1.72. The topological polar surface area (TPSA) is 44.2 Å². The molecule has 1 aromatic heterocycles. The fourth-order valence-corrected chi connectivity index (χ4v) is 0.721. The van der Waals surface area contributed by atoms with Crippen LogP contribution in [0, 0.1) is 0 Å². The molecule has 4 heteroatoms. The normalized spacial score (nSPS) is 9.17. The van der Waals surface area contributed by atoms with Crippen molar-refractivity contribution in [3.63, 3.8) is 0 Å². The number of rotatable bonds is 3. The average Bonchev–Trinajstić information content (AvgIpc) is 2.16. The maximum atomic E-state index is 4.92. The molecule has 0 fully saturated rings. The Morgan fingerprint density at radius 2 is 1.75 bits per heavy atom. The molecule has 0 spiro atoms. The van der Waals surface area contributed by atoms with Gasteiger partial charge in [0.05, 0.1) is 20.3 Å². The molecule has 64 valence electrons. The Labute approximate surface area is 70.9 Å². The monoisotopic (exact) mass is 166 g/mol. The van der Waals surface area contributed by atoms with E-state index in [0.717, 1.165) is 0 Å². The Balaban J connectivity index is 3.09. The molecule has 0 unspecified atom stereocenters. The Kier molecular flexibility index (Phi) is 2.63. The van der Waals surface area contributed by atoms with E-state index >= 15 is 0 Å². The maximum Gasteiger partial charge on any atom is 0.220 e. The Hall–Kier alpha value is -1.58. The predicted molar refractivity (Wildman–Crippen MR) is 45.2 cm³/mol. The quantitative estimate of drug-likeness (QED) is 0.675. The van der Waals surface area contributed by atoms with Crippen LogP contribution in [-0.2, 0) is 0 Å². The first-order valence-electron chi connectivity index (χ1n) is 3.39. The zero-order chi connectivity index (χ0) is 8.97. The second-order valence-electron chi connectivity index (χ2n) is 2.01. The van der Waals surface area contributed by atoms with Crippen molar-refractivity contribution < 1.29 is 9.47 Å². The van der Waals surface area contributed by atoms with E-state index in [1.165, 1.54) is 20.3 Å². The van der Waals surface area contributed by atoms with Crippen molar-refractivity contribution in [2.24, 2.45) is 0 Å². The van der Waals surface area contributed by atoms with Gasteiger partial charge in [-0.3, -0.25) is 0 Å². The standard InChI is InChI=1S/C8H10N2O2/c1-4-6-9-7(11-2)5-8(10-6)12-3/h4-5H,1H2,2-3H3. The van der Waals surface area contributed by atoms with Crippen molar-refractivity contribution in [1.29, 1.82) is 0 Å². The summed E-state index contributed by atoms with van der Waals surface area (Å²) in [7, 11) is 3.07. The van der Waals surface area contributed by atoms with Crippen LogP contribution in [0.4, 0.5) is 0 Å². The molecule has 0 aliphatic rings. The summed E-state index contributed by atoms with van der Waals surface area (Å²) in [6.45, 7) is 3.55. The van der Waals surface area contributed by atoms with Crippen LogP contribution >= 0.6 is 0 Å². The molecule has 0 atom stereocenters. The van der Waals surface area contributed by atoms with Crippen LogP contribution in [0.5, 0.6) is 11.8 Å². The van der Waals surface area contributed by atoms with Crippen molar-refractivity contribution in [3.8, 4) is 11.8 Å². The molecule has 0 radical (unpaired) electrons. The summed E-state index contributed by atoms with van der Waals surface area (Å²) in [6, 6.07) is 1.60. The first-order valence-corrected chi connectivity index (χ1v) is 3.39. The summed E-state index contributed by atoms with van der Waals surface area (Å²) < 4.78 is 9.84. The highest BCUT2D eigenvalue weighted by Crippen LogP contribution is 2.14. The second-order valence-corrected chi connectivity index (χ2v) is 2.01. The smallest absolute Gasteiger partial charge is 0.220 e. The summed E-state index contributed by atoms with van der Waals surface area (Å²) in [5.41, 5.74) is 0. The van der Waals surface area contributed by atoms with Crippen LogP contribution in [0.25, 0.3) is 6.08 Å².